The molecule has 9 nitrogen and oxygen atoms in total. The second-order valence-corrected chi connectivity index (χ2v) is 6.40. The van der Waals surface area contributed by atoms with Crippen LogP contribution >= 0.6 is 0 Å². The Labute approximate surface area is 168 Å². The van der Waals surface area contributed by atoms with Crippen LogP contribution in [-0.4, -0.2) is 36.9 Å². The molecule has 3 rings (SSSR count). The van der Waals surface area contributed by atoms with Crippen LogP contribution in [0, 0.1) is 6.92 Å². The molecule has 0 unspecified atom stereocenters. The number of rotatable bonds is 5. The van der Waals surface area contributed by atoms with Gasteiger partial charge >= 0.3 is 0 Å². The van der Waals surface area contributed by atoms with Gasteiger partial charge in [-0.05, 0) is 36.8 Å². The number of guanidine groups is 2. The Morgan fingerprint density at radius 1 is 1.24 bits per heavy atom. The van der Waals surface area contributed by atoms with Gasteiger partial charge in [0, 0.05) is 5.69 Å². The lowest BCUT2D eigenvalue weighted by atomic mass is 10.1. The number of para-hydroxylation sites is 1. The number of carbonyl (C=O) groups is 2. The van der Waals surface area contributed by atoms with Gasteiger partial charge in [0.2, 0.25) is 17.8 Å². The summed E-state index contributed by atoms with van der Waals surface area (Å²) in [5, 5.41) is 8.16. The highest BCUT2D eigenvalue weighted by Gasteiger charge is 2.29. The Morgan fingerprint density at radius 2 is 2.00 bits per heavy atom. The minimum Gasteiger partial charge on any atom is -0.495 e. The SMILES string of the molecule is COc1ccc(C)cc1NC(=O)C[C@H]1N=C(N=C(N)Nc2ccccc2)NC1=O. The molecule has 2 amide bonds. The molecular formula is C20H22N6O3. The number of benzene rings is 2. The maximum Gasteiger partial charge on any atom is 0.252 e. The minimum atomic E-state index is -0.880. The van der Waals surface area contributed by atoms with Crippen LogP contribution < -0.4 is 26.4 Å². The molecule has 1 atom stereocenters. The van der Waals surface area contributed by atoms with Gasteiger partial charge in [-0.15, -0.1) is 0 Å². The quantitative estimate of drug-likeness (QED) is 0.452. The number of ether oxygens (including phenoxy) is 1. The summed E-state index contributed by atoms with van der Waals surface area (Å²) in [6.07, 6.45) is -0.131. The molecule has 0 bridgehead atoms. The van der Waals surface area contributed by atoms with Crippen molar-refractivity contribution in [3.05, 3.63) is 54.1 Å². The molecule has 1 heterocycles. The highest BCUT2D eigenvalue weighted by molar-refractivity contribution is 6.11. The van der Waals surface area contributed by atoms with Crippen molar-refractivity contribution >= 4 is 35.1 Å². The molecule has 0 fully saturated rings. The zero-order valence-corrected chi connectivity index (χ0v) is 16.1. The van der Waals surface area contributed by atoms with Crippen LogP contribution in [0.1, 0.15) is 12.0 Å². The summed E-state index contributed by atoms with van der Waals surface area (Å²) in [4.78, 5) is 32.7. The third-order valence-electron chi connectivity index (χ3n) is 4.10. The first kappa shape index (κ1) is 19.9. The van der Waals surface area contributed by atoms with Gasteiger partial charge in [-0.25, -0.2) is 4.99 Å². The smallest absolute Gasteiger partial charge is 0.252 e. The Kier molecular flexibility index (Phi) is 6.08. The number of aryl methyl sites for hydroxylation is 1. The number of carbonyl (C=O) groups excluding carboxylic acids is 2. The number of anilines is 2. The van der Waals surface area contributed by atoms with E-state index in [1.54, 1.807) is 12.1 Å². The summed E-state index contributed by atoms with van der Waals surface area (Å²) in [6, 6.07) is 13.8. The van der Waals surface area contributed by atoms with Crippen molar-refractivity contribution in [1.29, 1.82) is 0 Å². The number of nitrogens with two attached hydrogens (primary N) is 1. The summed E-state index contributed by atoms with van der Waals surface area (Å²) < 4.78 is 5.24. The fourth-order valence-electron chi connectivity index (χ4n) is 2.73. The van der Waals surface area contributed by atoms with Gasteiger partial charge in [0.15, 0.2) is 0 Å². The van der Waals surface area contributed by atoms with Crippen LogP contribution in [0.5, 0.6) is 5.75 Å². The molecule has 1 aliphatic heterocycles. The van der Waals surface area contributed by atoms with E-state index < -0.39 is 11.9 Å². The van der Waals surface area contributed by atoms with E-state index in [9.17, 15) is 9.59 Å². The van der Waals surface area contributed by atoms with Gasteiger partial charge in [-0.3, -0.25) is 14.9 Å². The number of hydrogen-bond acceptors (Lipinski definition) is 5. The highest BCUT2D eigenvalue weighted by atomic mass is 16.5. The monoisotopic (exact) mass is 394 g/mol. The summed E-state index contributed by atoms with van der Waals surface area (Å²) >= 11 is 0. The van der Waals surface area contributed by atoms with Crippen molar-refractivity contribution in [1.82, 2.24) is 5.32 Å². The Balaban J connectivity index is 1.63. The van der Waals surface area contributed by atoms with E-state index in [2.05, 4.69) is 25.9 Å². The highest BCUT2D eigenvalue weighted by Crippen LogP contribution is 2.25. The maximum atomic E-state index is 12.4. The van der Waals surface area contributed by atoms with Crippen LogP contribution in [-0.2, 0) is 9.59 Å². The normalized spacial score (nSPS) is 16.1. The van der Waals surface area contributed by atoms with E-state index >= 15 is 0 Å². The fraction of sp³-hybridized carbons (Fsp3) is 0.200. The van der Waals surface area contributed by atoms with Crippen LogP contribution in [0.3, 0.4) is 0 Å². The number of methoxy groups -OCH3 is 1. The molecule has 5 N–H and O–H groups in total. The molecule has 29 heavy (non-hydrogen) atoms. The average Bonchev–Trinajstić information content (AvgIpc) is 3.01. The summed E-state index contributed by atoms with van der Waals surface area (Å²) in [5.74, 6) is -0.110. The van der Waals surface area contributed by atoms with Gasteiger partial charge in [-0.2, -0.15) is 4.99 Å². The second kappa shape index (κ2) is 8.87. The van der Waals surface area contributed by atoms with E-state index in [-0.39, 0.29) is 24.2 Å². The predicted molar refractivity (Wildman–Crippen MR) is 112 cm³/mol. The third kappa shape index (κ3) is 5.32. The van der Waals surface area contributed by atoms with Gasteiger partial charge in [0.1, 0.15) is 11.8 Å². The molecule has 0 saturated carbocycles. The zero-order valence-electron chi connectivity index (χ0n) is 16.1. The lowest BCUT2D eigenvalue weighted by Crippen LogP contribution is -2.32. The molecule has 0 aliphatic carbocycles. The average molecular weight is 394 g/mol. The van der Waals surface area contributed by atoms with Crippen molar-refractivity contribution in [2.24, 2.45) is 15.7 Å². The maximum absolute atomic E-state index is 12.4. The molecule has 0 radical (unpaired) electrons. The van der Waals surface area contributed by atoms with E-state index in [0.29, 0.717) is 11.4 Å². The van der Waals surface area contributed by atoms with E-state index in [1.165, 1.54) is 7.11 Å². The zero-order chi connectivity index (χ0) is 20.8. The van der Waals surface area contributed by atoms with Crippen molar-refractivity contribution < 1.29 is 14.3 Å². The van der Waals surface area contributed by atoms with Crippen LogP contribution in [0.15, 0.2) is 58.5 Å². The molecular weight excluding hydrogens is 372 g/mol. The lowest BCUT2D eigenvalue weighted by molar-refractivity contribution is -0.123. The third-order valence-corrected chi connectivity index (χ3v) is 4.10. The Hall–Kier alpha value is -3.88. The number of nitrogens with zero attached hydrogens (tertiary/aromatic N) is 2. The van der Waals surface area contributed by atoms with E-state index in [0.717, 1.165) is 11.3 Å². The second-order valence-electron chi connectivity index (χ2n) is 6.40. The van der Waals surface area contributed by atoms with Gasteiger partial charge in [-0.1, -0.05) is 24.3 Å². The van der Waals surface area contributed by atoms with Crippen molar-refractivity contribution in [2.45, 2.75) is 19.4 Å². The fourth-order valence-corrected chi connectivity index (χ4v) is 2.73. The summed E-state index contributed by atoms with van der Waals surface area (Å²) in [5.41, 5.74) is 8.10. The Bertz CT molecular complexity index is 971. The van der Waals surface area contributed by atoms with Crippen molar-refractivity contribution in [3.63, 3.8) is 0 Å². The molecule has 150 valence electrons. The van der Waals surface area contributed by atoms with Crippen LogP contribution in [0.4, 0.5) is 11.4 Å². The molecule has 2 aromatic carbocycles. The number of aliphatic imine (C=N–C) groups is 2. The van der Waals surface area contributed by atoms with E-state index in [4.69, 9.17) is 10.5 Å². The number of nitrogens with one attached hydrogen (secondary N) is 3. The molecule has 0 spiro atoms. The first-order chi connectivity index (χ1) is 13.9. The predicted octanol–water partition coefficient (Wildman–Crippen LogP) is 1.61. The van der Waals surface area contributed by atoms with Crippen molar-refractivity contribution in [3.8, 4) is 5.75 Å². The minimum absolute atomic E-state index is 0.0573. The first-order valence-electron chi connectivity index (χ1n) is 8.94. The molecule has 0 aromatic heterocycles. The molecule has 1 aliphatic rings. The summed E-state index contributed by atoms with van der Waals surface area (Å²) in [7, 11) is 1.52. The van der Waals surface area contributed by atoms with Gasteiger partial charge in [0.05, 0.1) is 19.2 Å². The number of amides is 2. The topological polar surface area (TPSA) is 130 Å². The molecule has 0 saturated heterocycles. The van der Waals surface area contributed by atoms with E-state index in [1.807, 2.05) is 43.3 Å². The largest absolute Gasteiger partial charge is 0.495 e. The lowest BCUT2D eigenvalue weighted by Gasteiger charge is -2.11. The van der Waals surface area contributed by atoms with Gasteiger partial charge in [0.25, 0.3) is 5.91 Å². The summed E-state index contributed by atoms with van der Waals surface area (Å²) in [6.45, 7) is 1.90. The van der Waals surface area contributed by atoms with Crippen molar-refractivity contribution in [2.75, 3.05) is 17.7 Å². The molecule has 2 aromatic rings. The number of hydrogen-bond donors (Lipinski definition) is 4. The van der Waals surface area contributed by atoms with Crippen LogP contribution in [0.25, 0.3) is 0 Å². The Morgan fingerprint density at radius 3 is 2.72 bits per heavy atom. The van der Waals surface area contributed by atoms with Gasteiger partial charge < -0.3 is 21.1 Å². The standard InChI is InChI=1S/C20H22N6O3/c1-12-8-9-16(29-2)14(10-12)23-17(27)11-15-18(28)25-20(24-15)26-19(21)22-13-6-4-3-5-7-13/h3-10,15H,11H2,1-2H3,(H,23,27)(H4,21,22,24,25,26,28)/t15-/m1/s1. The van der Waals surface area contributed by atoms with Crippen LogP contribution in [0.2, 0.25) is 0 Å². The first-order valence-corrected chi connectivity index (χ1v) is 8.94. The molecule has 9 heteroatoms.